The third-order valence-corrected chi connectivity index (χ3v) is 2.66. The molecule has 8 heteroatoms. The Balaban J connectivity index is 2.45. The van der Waals surface area contributed by atoms with E-state index in [1.807, 2.05) is 0 Å². The molecule has 1 aliphatic rings. The number of halogens is 4. The molecule has 0 aromatic carbocycles. The summed E-state index contributed by atoms with van der Waals surface area (Å²) < 4.78 is 38.1. The summed E-state index contributed by atoms with van der Waals surface area (Å²) in [7, 11) is 1.58. The molecule has 0 saturated carbocycles. The molecule has 1 aromatic heterocycles. The Hall–Kier alpha value is -1.76. The summed E-state index contributed by atoms with van der Waals surface area (Å²) in [6.07, 6.45) is -0.709. The molecule has 1 aromatic rings. The Morgan fingerprint density at radius 3 is 2.74 bits per heavy atom. The molecule has 102 valence electrons. The lowest BCUT2D eigenvalue weighted by atomic mass is 10.2. The maximum atomic E-state index is 12.7. The fraction of sp³-hybridized carbons (Fsp3) is 0.273. The van der Waals surface area contributed by atoms with E-state index in [4.69, 9.17) is 11.6 Å². The first-order chi connectivity index (χ1) is 8.91. The second-order valence-corrected chi connectivity index (χ2v) is 4.21. The van der Waals surface area contributed by atoms with Gasteiger partial charge in [-0.25, -0.2) is 4.98 Å². The maximum absolute atomic E-state index is 12.7. The average molecular weight is 291 g/mol. The molecule has 0 unspecified atom stereocenters. The van der Waals surface area contributed by atoms with Gasteiger partial charge in [-0.2, -0.15) is 13.2 Å². The van der Waals surface area contributed by atoms with Crippen molar-refractivity contribution in [1.29, 1.82) is 0 Å². The monoisotopic (exact) mass is 290 g/mol. The van der Waals surface area contributed by atoms with Crippen molar-refractivity contribution in [2.75, 3.05) is 23.9 Å². The quantitative estimate of drug-likeness (QED) is 0.910. The van der Waals surface area contributed by atoms with E-state index in [1.165, 1.54) is 17.3 Å². The fourth-order valence-electron chi connectivity index (χ4n) is 1.60. The van der Waals surface area contributed by atoms with Crippen LogP contribution in [0, 0.1) is 0 Å². The van der Waals surface area contributed by atoms with Crippen LogP contribution in [0.25, 0.3) is 0 Å². The van der Waals surface area contributed by atoms with E-state index in [9.17, 15) is 13.2 Å². The van der Waals surface area contributed by atoms with Gasteiger partial charge in [-0.05, 0) is 6.07 Å². The Kier molecular flexibility index (Phi) is 3.66. The van der Waals surface area contributed by atoms with Crippen molar-refractivity contribution < 1.29 is 13.2 Å². The van der Waals surface area contributed by atoms with Crippen molar-refractivity contribution in [3.8, 4) is 0 Å². The summed E-state index contributed by atoms with van der Waals surface area (Å²) >= 11 is 5.79. The molecule has 2 rings (SSSR count). The molecule has 0 aliphatic carbocycles. The molecule has 1 N–H and O–H groups in total. The zero-order valence-corrected chi connectivity index (χ0v) is 10.6. The van der Waals surface area contributed by atoms with E-state index in [2.05, 4.69) is 15.3 Å². The van der Waals surface area contributed by atoms with E-state index >= 15 is 0 Å². The minimum Gasteiger partial charge on any atom is -0.371 e. The van der Waals surface area contributed by atoms with E-state index < -0.39 is 11.7 Å². The lowest BCUT2D eigenvalue weighted by Crippen LogP contribution is -2.22. The number of alkyl halides is 3. The highest BCUT2D eigenvalue weighted by Crippen LogP contribution is 2.34. The van der Waals surface area contributed by atoms with Gasteiger partial charge in [0.15, 0.2) is 0 Å². The van der Waals surface area contributed by atoms with Crippen LogP contribution in [-0.4, -0.2) is 24.9 Å². The number of rotatable bonds is 2. The van der Waals surface area contributed by atoms with Gasteiger partial charge in [-0.1, -0.05) is 11.6 Å². The van der Waals surface area contributed by atoms with Crippen LogP contribution in [0.1, 0.15) is 5.56 Å². The molecule has 0 amide bonds. The SMILES string of the molecule is CNc1ncc(C(F)(F)F)cc1N1C=C(Cl)C=NC1. The van der Waals surface area contributed by atoms with Gasteiger partial charge < -0.3 is 10.2 Å². The van der Waals surface area contributed by atoms with Crippen molar-refractivity contribution in [3.63, 3.8) is 0 Å². The molecule has 0 fully saturated rings. The van der Waals surface area contributed by atoms with Gasteiger partial charge in [0.2, 0.25) is 0 Å². The number of nitrogens with one attached hydrogen (secondary N) is 1. The predicted molar refractivity (Wildman–Crippen MR) is 68.6 cm³/mol. The highest BCUT2D eigenvalue weighted by atomic mass is 35.5. The van der Waals surface area contributed by atoms with Crippen molar-refractivity contribution >= 4 is 29.3 Å². The van der Waals surface area contributed by atoms with Gasteiger partial charge in [0.25, 0.3) is 0 Å². The molecule has 0 spiro atoms. The Bertz CT molecular complexity index is 539. The zero-order valence-electron chi connectivity index (χ0n) is 9.87. The minimum atomic E-state index is -4.44. The smallest absolute Gasteiger partial charge is 0.371 e. The molecule has 0 bridgehead atoms. The number of anilines is 2. The van der Waals surface area contributed by atoms with Gasteiger partial charge >= 0.3 is 6.18 Å². The lowest BCUT2D eigenvalue weighted by Gasteiger charge is -2.24. The van der Waals surface area contributed by atoms with Crippen LogP contribution in [0.4, 0.5) is 24.7 Å². The maximum Gasteiger partial charge on any atom is 0.417 e. The molecule has 19 heavy (non-hydrogen) atoms. The highest BCUT2D eigenvalue weighted by Gasteiger charge is 2.32. The third kappa shape index (κ3) is 2.98. The van der Waals surface area contributed by atoms with E-state index in [1.54, 1.807) is 7.05 Å². The Morgan fingerprint density at radius 2 is 2.16 bits per heavy atom. The lowest BCUT2D eigenvalue weighted by molar-refractivity contribution is -0.137. The second kappa shape index (κ2) is 5.08. The van der Waals surface area contributed by atoms with Gasteiger partial charge in [0.1, 0.15) is 12.5 Å². The Morgan fingerprint density at radius 1 is 1.42 bits per heavy atom. The van der Waals surface area contributed by atoms with Gasteiger partial charge in [-0.3, -0.25) is 4.99 Å². The number of aromatic nitrogens is 1. The van der Waals surface area contributed by atoms with Crippen molar-refractivity contribution in [2.24, 2.45) is 4.99 Å². The van der Waals surface area contributed by atoms with Crippen molar-refractivity contribution in [3.05, 3.63) is 29.1 Å². The molecule has 1 aliphatic heterocycles. The minimum absolute atomic E-state index is 0.188. The van der Waals surface area contributed by atoms with Crippen LogP contribution < -0.4 is 10.2 Å². The number of hydrogen-bond acceptors (Lipinski definition) is 4. The van der Waals surface area contributed by atoms with Crippen LogP contribution in [0.3, 0.4) is 0 Å². The molecule has 0 saturated heterocycles. The average Bonchev–Trinajstić information content (AvgIpc) is 2.37. The number of nitrogens with zero attached hydrogens (tertiary/aromatic N) is 3. The summed E-state index contributed by atoms with van der Waals surface area (Å²) in [5.41, 5.74) is -0.548. The first-order valence-corrected chi connectivity index (χ1v) is 5.68. The van der Waals surface area contributed by atoms with Gasteiger partial charge in [0.05, 0.1) is 16.3 Å². The topological polar surface area (TPSA) is 40.5 Å². The summed E-state index contributed by atoms with van der Waals surface area (Å²) in [5.74, 6) is 0.325. The molecule has 4 nitrogen and oxygen atoms in total. The van der Waals surface area contributed by atoms with Crippen molar-refractivity contribution in [1.82, 2.24) is 4.98 Å². The second-order valence-electron chi connectivity index (χ2n) is 3.78. The summed E-state index contributed by atoms with van der Waals surface area (Å²) in [6, 6.07) is 1.01. The van der Waals surface area contributed by atoms with Gasteiger partial charge in [0, 0.05) is 25.7 Å². The van der Waals surface area contributed by atoms with E-state index in [0.717, 1.165) is 12.3 Å². The summed E-state index contributed by atoms with van der Waals surface area (Å²) in [5, 5.41) is 3.08. The number of aliphatic imine (C=N–C) groups is 1. The predicted octanol–water partition coefficient (Wildman–Crippen LogP) is 3.07. The summed E-state index contributed by atoms with van der Waals surface area (Å²) in [6.45, 7) is 0.188. The molecular weight excluding hydrogens is 281 g/mol. The molecular formula is C11H10ClF3N4. The fourth-order valence-corrected chi connectivity index (χ4v) is 1.79. The first-order valence-electron chi connectivity index (χ1n) is 5.30. The van der Waals surface area contributed by atoms with E-state index in [0.29, 0.717) is 10.9 Å². The number of allylic oxidation sites excluding steroid dienone is 1. The van der Waals surface area contributed by atoms with Gasteiger partial charge in [-0.15, -0.1) is 0 Å². The molecule has 0 atom stereocenters. The largest absolute Gasteiger partial charge is 0.417 e. The van der Waals surface area contributed by atoms with Crippen molar-refractivity contribution in [2.45, 2.75) is 6.18 Å². The zero-order chi connectivity index (χ0) is 14.0. The number of pyridine rings is 1. The van der Waals surface area contributed by atoms with Crippen LogP contribution in [-0.2, 0) is 6.18 Å². The number of hydrogen-bond donors (Lipinski definition) is 1. The Labute approximate surface area is 112 Å². The third-order valence-electron chi connectivity index (χ3n) is 2.47. The van der Waals surface area contributed by atoms with Crippen LogP contribution in [0.5, 0.6) is 0 Å². The first kappa shape index (κ1) is 13.7. The van der Waals surface area contributed by atoms with Crippen LogP contribution in [0.15, 0.2) is 28.5 Å². The molecule has 2 heterocycles. The van der Waals surface area contributed by atoms with E-state index in [-0.39, 0.29) is 12.4 Å². The van der Waals surface area contributed by atoms with Crippen LogP contribution in [0.2, 0.25) is 0 Å². The summed E-state index contributed by atoms with van der Waals surface area (Å²) in [4.78, 5) is 9.21. The highest BCUT2D eigenvalue weighted by molar-refractivity contribution is 6.39. The molecule has 0 radical (unpaired) electrons. The standard InChI is InChI=1S/C11H10ClF3N4/c1-16-10-9(19-5-8(12)4-17-6-19)2-7(3-18-10)11(13,14)15/h2-5H,6H2,1H3,(H,16,18). The normalized spacial score (nSPS) is 15.4. The van der Waals surface area contributed by atoms with Crippen LogP contribution >= 0.6 is 11.6 Å².